The topological polar surface area (TPSA) is 47.1 Å². The molecule has 0 spiro atoms. The van der Waals surface area contributed by atoms with Crippen LogP contribution in [0.25, 0.3) is 11.0 Å². The van der Waals surface area contributed by atoms with Gasteiger partial charge in [0, 0.05) is 12.6 Å². The van der Waals surface area contributed by atoms with Crippen LogP contribution in [0.2, 0.25) is 0 Å². The van der Waals surface area contributed by atoms with E-state index in [0.717, 1.165) is 24.3 Å². The van der Waals surface area contributed by atoms with E-state index in [0.29, 0.717) is 0 Å². The molecule has 0 radical (unpaired) electrons. The number of rotatable bonds is 5. The highest BCUT2D eigenvalue weighted by atomic mass is 15.2. The Morgan fingerprint density at radius 2 is 1.86 bits per heavy atom. The first-order valence-corrected chi connectivity index (χ1v) is 7.74. The molecule has 0 saturated heterocycles. The van der Waals surface area contributed by atoms with Crippen LogP contribution in [-0.2, 0) is 6.54 Å². The van der Waals surface area contributed by atoms with Gasteiger partial charge in [-0.3, -0.25) is 4.90 Å². The monoisotopic (exact) mass is 288 g/mol. The van der Waals surface area contributed by atoms with Crippen LogP contribution in [0.1, 0.15) is 43.3 Å². The minimum Gasteiger partial charge on any atom is -0.326 e. The van der Waals surface area contributed by atoms with Gasteiger partial charge in [-0.2, -0.15) is 0 Å². The molecule has 0 aliphatic heterocycles. The Bertz CT molecular complexity index is 627. The highest BCUT2D eigenvalue weighted by Crippen LogP contribution is 2.26. The van der Waals surface area contributed by atoms with Gasteiger partial charge in [-0.05, 0) is 64.5 Å². The highest BCUT2D eigenvalue weighted by molar-refractivity contribution is 5.78. The van der Waals surface area contributed by atoms with Gasteiger partial charge >= 0.3 is 0 Å². The largest absolute Gasteiger partial charge is 0.326 e. The van der Waals surface area contributed by atoms with Crippen LogP contribution in [-0.4, -0.2) is 34.6 Å². The average molecular weight is 288 g/mol. The molecule has 4 nitrogen and oxygen atoms in total. The Hall–Kier alpha value is -1.39. The molecule has 2 atom stereocenters. The molecule has 0 aliphatic rings. The molecule has 1 aromatic heterocycles. The molecular formula is C17H28N4. The van der Waals surface area contributed by atoms with Crippen molar-refractivity contribution in [1.82, 2.24) is 14.5 Å². The van der Waals surface area contributed by atoms with E-state index in [4.69, 9.17) is 10.7 Å². The number of nitrogens with zero attached hydrogens (tertiary/aromatic N) is 3. The normalized spacial score (nSPS) is 14.9. The number of aryl methyl sites for hydroxylation is 2. The maximum absolute atomic E-state index is 6.21. The van der Waals surface area contributed by atoms with Crippen molar-refractivity contribution in [3.05, 3.63) is 29.1 Å². The van der Waals surface area contributed by atoms with Crippen molar-refractivity contribution in [1.29, 1.82) is 0 Å². The van der Waals surface area contributed by atoms with E-state index in [1.54, 1.807) is 0 Å². The average Bonchev–Trinajstić information content (AvgIpc) is 2.76. The van der Waals surface area contributed by atoms with E-state index in [9.17, 15) is 0 Å². The summed E-state index contributed by atoms with van der Waals surface area (Å²) in [4.78, 5) is 7.08. The second-order valence-electron chi connectivity index (χ2n) is 6.31. The lowest BCUT2D eigenvalue weighted by molar-refractivity contribution is 0.299. The van der Waals surface area contributed by atoms with Crippen molar-refractivity contribution in [3.63, 3.8) is 0 Å². The van der Waals surface area contributed by atoms with Gasteiger partial charge in [-0.1, -0.05) is 6.92 Å². The fourth-order valence-corrected chi connectivity index (χ4v) is 2.50. The van der Waals surface area contributed by atoms with Crippen LogP contribution >= 0.6 is 0 Å². The summed E-state index contributed by atoms with van der Waals surface area (Å²) < 4.78 is 2.31. The SMILES string of the molecule is CCC(N)Cn1c(C(C)N(C)C)nc2cc(C)c(C)cc21. The van der Waals surface area contributed by atoms with Gasteiger partial charge in [0.1, 0.15) is 5.82 Å². The van der Waals surface area contributed by atoms with Crippen LogP contribution in [0.15, 0.2) is 12.1 Å². The molecular weight excluding hydrogens is 260 g/mol. The van der Waals surface area contributed by atoms with Crippen LogP contribution in [0, 0.1) is 13.8 Å². The van der Waals surface area contributed by atoms with Gasteiger partial charge in [0.2, 0.25) is 0 Å². The van der Waals surface area contributed by atoms with Crippen molar-refractivity contribution in [3.8, 4) is 0 Å². The fraction of sp³-hybridized carbons (Fsp3) is 0.588. The number of benzene rings is 1. The number of hydrogen-bond donors (Lipinski definition) is 1. The molecule has 116 valence electrons. The zero-order chi connectivity index (χ0) is 15.7. The van der Waals surface area contributed by atoms with Crippen LogP contribution in [0.5, 0.6) is 0 Å². The van der Waals surface area contributed by atoms with Crippen LogP contribution in [0.4, 0.5) is 0 Å². The van der Waals surface area contributed by atoms with Crippen LogP contribution in [0.3, 0.4) is 0 Å². The van der Waals surface area contributed by atoms with E-state index >= 15 is 0 Å². The van der Waals surface area contributed by atoms with Gasteiger partial charge in [0.25, 0.3) is 0 Å². The first-order valence-electron chi connectivity index (χ1n) is 7.74. The molecule has 2 N–H and O–H groups in total. The molecule has 0 aliphatic carbocycles. The Morgan fingerprint density at radius 1 is 1.24 bits per heavy atom. The summed E-state index contributed by atoms with van der Waals surface area (Å²) in [6, 6.07) is 4.86. The predicted molar refractivity (Wildman–Crippen MR) is 89.6 cm³/mol. The zero-order valence-electron chi connectivity index (χ0n) is 14.1. The van der Waals surface area contributed by atoms with Gasteiger partial charge in [0.05, 0.1) is 17.1 Å². The fourth-order valence-electron chi connectivity index (χ4n) is 2.50. The third kappa shape index (κ3) is 3.11. The number of fused-ring (bicyclic) bond motifs is 1. The van der Waals surface area contributed by atoms with E-state index < -0.39 is 0 Å². The summed E-state index contributed by atoms with van der Waals surface area (Å²) in [6.07, 6.45) is 0.973. The molecule has 1 aromatic carbocycles. The molecule has 2 aromatic rings. The minimum absolute atomic E-state index is 0.164. The standard InChI is InChI=1S/C17H28N4/c1-7-14(18)10-21-16-9-12(3)11(2)8-15(16)19-17(21)13(4)20(5)6/h8-9,13-14H,7,10,18H2,1-6H3. The van der Waals surface area contributed by atoms with Crippen molar-refractivity contribution in [2.45, 2.75) is 52.7 Å². The lowest BCUT2D eigenvalue weighted by Gasteiger charge is -2.22. The summed E-state index contributed by atoms with van der Waals surface area (Å²) >= 11 is 0. The zero-order valence-corrected chi connectivity index (χ0v) is 14.1. The Kier molecular flexibility index (Phi) is 4.69. The Morgan fingerprint density at radius 3 is 2.43 bits per heavy atom. The van der Waals surface area contributed by atoms with Gasteiger partial charge in [-0.15, -0.1) is 0 Å². The Labute approximate surface area is 128 Å². The van der Waals surface area contributed by atoms with E-state index in [1.807, 2.05) is 0 Å². The van der Waals surface area contributed by atoms with Gasteiger partial charge in [0.15, 0.2) is 0 Å². The maximum atomic E-state index is 6.21. The number of nitrogens with two attached hydrogens (primary N) is 1. The van der Waals surface area contributed by atoms with Gasteiger partial charge < -0.3 is 10.3 Å². The highest BCUT2D eigenvalue weighted by Gasteiger charge is 2.19. The third-order valence-electron chi connectivity index (χ3n) is 4.48. The summed E-state index contributed by atoms with van der Waals surface area (Å²) in [7, 11) is 4.18. The number of hydrogen-bond acceptors (Lipinski definition) is 3. The van der Waals surface area contributed by atoms with Gasteiger partial charge in [-0.25, -0.2) is 4.98 Å². The summed E-state index contributed by atoms with van der Waals surface area (Å²) in [6.45, 7) is 9.44. The maximum Gasteiger partial charge on any atom is 0.127 e. The van der Waals surface area contributed by atoms with Crippen molar-refractivity contribution < 1.29 is 0 Å². The molecule has 2 unspecified atom stereocenters. The third-order valence-corrected chi connectivity index (χ3v) is 4.48. The first kappa shape index (κ1) is 16.0. The molecule has 2 rings (SSSR count). The smallest absolute Gasteiger partial charge is 0.127 e. The van der Waals surface area contributed by atoms with E-state index in [-0.39, 0.29) is 12.1 Å². The minimum atomic E-state index is 0.164. The molecule has 0 fully saturated rings. The molecule has 1 heterocycles. The molecule has 0 amide bonds. The lowest BCUT2D eigenvalue weighted by atomic mass is 10.1. The molecule has 21 heavy (non-hydrogen) atoms. The summed E-state index contributed by atoms with van der Waals surface area (Å²) in [5.74, 6) is 1.10. The Balaban J connectivity index is 2.62. The molecule has 0 saturated carbocycles. The summed E-state index contributed by atoms with van der Waals surface area (Å²) in [5, 5.41) is 0. The number of imidazole rings is 1. The second kappa shape index (κ2) is 6.16. The van der Waals surface area contributed by atoms with E-state index in [2.05, 4.69) is 63.4 Å². The van der Waals surface area contributed by atoms with Crippen LogP contribution < -0.4 is 5.73 Å². The predicted octanol–water partition coefficient (Wildman–Crippen LogP) is 3.01. The quantitative estimate of drug-likeness (QED) is 0.920. The van der Waals surface area contributed by atoms with Crippen molar-refractivity contribution in [2.24, 2.45) is 5.73 Å². The first-order chi connectivity index (χ1) is 9.85. The van der Waals surface area contributed by atoms with Crippen molar-refractivity contribution >= 4 is 11.0 Å². The molecule has 4 heteroatoms. The lowest BCUT2D eigenvalue weighted by Crippen LogP contribution is -2.28. The second-order valence-corrected chi connectivity index (χ2v) is 6.31. The van der Waals surface area contributed by atoms with Crippen molar-refractivity contribution in [2.75, 3.05) is 14.1 Å². The molecule has 0 bridgehead atoms. The van der Waals surface area contributed by atoms with E-state index in [1.165, 1.54) is 16.6 Å². The summed E-state index contributed by atoms with van der Waals surface area (Å²) in [5.41, 5.74) is 11.1. The number of aromatic nitrogens is 2.